The Hall–Kier alpha value is -2.82. The molecule has 0 atom stereocenters. The van der Waals surface area contributed by atoms with Gasteiger partial charge in [0.05, 0.1) is 12.2 Å². The first-order valence-corrected chi connectivity index (χ1v) is 9.15. The average Bonchev–Trinajstić information content (AvgIpc) is 2.65. The van der Waals surface area contributed by atoms with Crippen LogP contribution in [0.3, 0.4) is 0 Å². The molecule has 0 radical (unpaired) electrons. The Morgan fingerprint density at radius 3 is 2.33 bits per heavy atom. The molecule has 0 unspecified atom stereocenters. The van der Waals surface area contributed by atoms with Gasteiger partial charge in [-0.15, -0.1) is 0 Å². The standard InChI is InChI=1S/C22H27NO4/c1-15(2)13-27-22(25)17-8-10-19(11-9-17)23-21(24)14-26-20-7-5-6-18(12-20)16(3)4/h5-12,15-16H,13-14H2,1-4H3,(H,23,24). The topological polar surface area (TPSA) is 64.6 Å². The Labute approximate surface area is 160 Å². The summed E-state index contributed by atoms with van der Waals surface area (Å²) in [5, 5.41) is 2.75. The lowest BCUT2D eigenvalue weighted by Crippen LogP contribution is -2.20. The van der Waals surface area contributed by atoms with Crippen LogP contribution in [0.25, 0.3) is 0 Å². The fourth-order valence-corrected chi connectivity index (χ4v) is 2.32. The Kier molecular flexibility index (Phi) is 7.41. The Morgan fingerprint density at radius 1 is 1.00 bits per heavy atom. The first-order chi connectivity index (χ1) is 12.8. The highest BCUT2D eigenvalue weighted by atomic mass is 16.5. The Morgan fingerprint density at radius 2 is 1.70 bits per heavy atom. The van der Waals surface area contributed by atoms with Crippen LogP contribution >= 0.6 is 0 Å². The molecule has 5 heteroatoms. The monoisotopic (exact) mass is 369 g/mol. The maximum absolute atomic E-state index is 12.1. The summed E-state index contributed by atoms with van der Waals surface area (Å²) in [6.45, 7) is 8.47. The zero-order chi connectivity index (χ0) is 19.8. The van der Waals surface area contributed by atoms with Gasteiger partial charge in [0.15, 0.2) is 6.61 Å². The molecule has 144 valence electrons. The van der Waals surface area contributed by atoms with Gasteiger partial charge in [-0.1, -0.05) is 39.8 Å². The predicted octanol–water partition coefficient (Wildman–Crippen LogP) is 4.64. The lowest BCUT2D eigenvalue weighted by molar-refractivity contribution is -0.118. The van der Waals surface area contributed by atoms with E-state index in [0.29, 0.717) is 29.5 Å². The number of amides is 1. The van der Waals surface area contributed by atoms with Crippen LogP contribution in [-0.2, 0) is 9.53 Å². The summed E-state index contributed by atoms with van der Waals surface area (Å²) in [5.41, 5.74) is 2.21. The van der Waals surface area contributed by atoms with Crippen LogP contribution in [0.5, 0.6) is 5.75 Å². The Balaban J connectivity index is 1.85. The number of hydrogen-bond acceptors (Lipinski definition) is 4. The molecule has 0 aromatic heterocycles. The number of hydrogen-bond donors (Lipinski definition) is 1. The fraction of sp³-hybridized carbons (Fsp3) is 0.364. The van der Waals surface area contributed by atoms with Crippen LogP contribution in [0.4, 0.5) is 5.69 Å². The molecule has 0 bridgehead atoms. The van der Waals surface area contributed by atoms with E-state index < -0.39 is 0 Å². The lowest BCUT2D eigenvalue weighted by Gasteiger charge is -2.11. The van der Waals surface area contributed by atoms with Crippen LogP contribution in [0.2, 0.25) is 0 Å². The normalized spacial score (nSPS) is 10.7. The predicted molar refractivity (Wildman–Crippen MR) is 106 cm³/mol. The van der Waals surface area contributed by atoms with Crippen LogP contribution in [0.1, 0.15) is 49.5 Å². The number of carbonyl (C=O) groups excluding carboxylic acids is 2. The van der Waals surface area contributed by atoms with Crippen molar-refractivity contribution < 1.29 is 19.1 Å². The van der Waals surface area contributed by atoms with Gasteiger partial charge in [0.2, 0.25) is 0 Å². The van der Waals surface area contributed by atoms with Gasteiger partial charge in [0.25, 0.3) is 5.91 Å². The number of carbonyl (C=O) groups is 2. The van der Waals surface area contributed by atoms with Gasteiger partial charge in [-0.05, 0) is 53.8 Å². The van der Waals surface area contributed by atoms with Gasteiger partial charge in [-0.3, -0.25) is 4.79 Å². The molecule has 0 spiro atoms. The maximum atomic E-state index is 12.1. The summed E-state index contributed by atoms with van der Waals surface area (Å²) in [7, 11) is 0. The van der Waals surface area contributed by atoms with Crippen LogP contribution in [0.15, 0.2) is 48.5 Å². The summed E-state index contributed by atoms with van der Waals surface area (Å²) >= 11 is 0. The van der Waals surface area contributed by atoms with Crippen molar-refractivity contribution in [1.82, 2.24) is 0 Å². The summed E-state index contributed by atoms with van der Waals surface area (Å²) < 4.78 is 10.7. The lowest BCUT2D eigenvalue weighted by atomic mass is 10.0. The molecule has 2 aromatic rings. The van der Waals surface area contributed by atoms with Crippen molar-refractivity contribution in [3.05, 3.63) is 59.7 Å². The highest BCUT2D eigenvalue weighted by molar-refractivity contribution is 5.93. The van der Waals surface area contributed by atoms with Crippen molar-refractivity contribution in [2.24, 2.45) is 5.92 Å². The number of rotatable bonds is 8. The van der Waals surface area contributed by atoms with Gasteiger partial charge in [-0.25, -0.2) is 4.79 Å². The third-order valence-electron chi connectivity index (χ3n) is 3.85. The molecule has 0 aliphatic carbocycles. The molecule has 1 amide bonds. The van der Waals surface area contributed by atoms with Crippen LogP contribution in [-0.4, -0.2) is 25.1 Å². The van der Waals surface area contributed by atoms with Crippen molar-refractivity contribution in [2.45, 2.75) is 33.6 Å². The number of nitrogens with one attached hydrogen (secondary N) is 1. The quantitative estimate of drug-likeness (QED) is 0.689. The molecule has 0 aliphatic heterocycles. The van der Waals surface area contributed by atoms with Crippen molar-refractivity contribution in [3.8, 4) is 5.75 Å². The molecule has 5 nitrogen and oxygen atoms in total. The number of esters is 1. The van der Waals surface area contributed by atoms with E-state index in [4.69, 9.17) is 9.47 Å². The number of benzene rings is 2. The zero-order valence-corrected chi connectivity index (χ0v) is 16.3. The minimum absolute atomic E-state index is 0.0836. The average molecular weight is 369 g/mol. The summed E-state index contributed by atoms with van der Waals surface area (Å²) in [6.07, 6.45) is 0. The van der Waals surface area contributed by atoms with E-state index >= 15 is 0 Å². The van der Waals surface area contributed by atoms with Crippen molar-refractivity contribution >= 4 is 17.6 Å². The van der Waals surface area contributed by atoms with Gasteiger partial charge in [0.1, 0.15) is 5.75 Å². The molecule has 0 heterocycles. The molecular formula is C22H27NO4. The Bertz CT molecular complexity index is 766. The van der Waals surface area contributed by atoms with Gasteiger partial charge >= 0.3 is 5.97 Å². The highest BCUT2D eigenvalue weighted by Crippen LogP contribution is 2.20. The third-order valence-corrected chi connectivity index (χ3v) is 3.85. The van der Waals surface area contributed by atoms with E-state index in [1.165, 1.54) is 0 Å². The SMILES string of the molecule is CC(C)COC(=O)c1ccc(NC(=O)COc2cccc(C(C)C)c2)cc1. The van der Waals surface area contributed by atoms with Gasteiger partial charge in [0, 0.05) is 5.69 Å². The van der Waals surface area contributed by atoms with Gasteiger partial charge in [-0.2, -0.15) is 0 Å². The number of anilines is 1. The van der Waals surface area contributed by atoms with E-state index in [1.54, 1.807) is 24.3 Å². The molecular weight excluding hydrogens is 342 g/mol. The van der Waals surface area contributed by atoms with Crippen molar-refractivity contribution in [2.75, 3.05) is 18.5 Å². The summed E-state index contributed by atoms with van der Waals surface area (Å²) in [6, 6.07) is 14.3. The molecule has 0 fully saturated rings. The molecule has 0 aliphatic rings. The fourth-order valence-electron chi connectivity index (χ4n) is 2.32. The summed E-state index contributed by atoms with van der Waals surface area (Å²) in [4.78, 5) is 24.0. The highest BCUT2D eigenvalue weighted by Gasteiger charge is 2.09. The molecule has 2 rings (SSSR count). The second kappa shape index (κ2) is 9.76. The van der Waals surface area contributed by atoms with E-state index in [1.807, 2.05) is 38.1 Å². The van der Waals surface area contributed by atoms with Crippen molar-refractivity contribution in [3.63, 3.8) is 0 Å². The molecule has 27 heavy (non-hydrogen) atoms. The second-order valence-electron chi connectivity index (χ2n) is 7.13. The van der Waals surface area contributed by atoms with Crippen LogP contribution < -0.4 is 10.1 Å². The molecule has 2 aromatic carbocycles. The smallest absolute Gasteiger partial charge is 0.338 e. The van der Waals surface area contributed by atoms with E-state index in [-0.39, 0.29) is 24.4 Å². The molecule has 0 saturated heterocycles. The zero-order valence-electron chi connectivity index (χ0n) is 16.3. The minimum atomic E-state index is -0.366. The first-order valence-electron chi connectivity index (χ1n) is 9.15. The molecule has 0 saturated carbocycles. The third kappa shape index (κ3) is 6.77. The van der Waals surface area contributed by atoms with E-state index in [0.717, 1.165) is 5.56 Å². The first kappa shape index (κ1) is 20.5. The maximum Gasteiger partial charge on any atom is 0.338 e. The van der Waals surface area contributed by atoms with E-state index in [2.05, 4.69) is 19.2 Å². The molecule has 1 N–H and O–H groups in total. The largest absolute Gasteiger partial charge is 0.484 e. The van der Waals surface area contributed by atoms with E-state index in [9.17, 15) is 9.59 Å². The second-order valence-corrected chi connectivity index (χ2v) is 7.13. The van der Waals surface area contributed by atoms with Crippen LogP contribution in [0, 0.1) is 5.92 Å². The van der Waals surface area contributed by atoms with Gasteiger partial charge < -0.3 is 14.8 Å². The minimum Gasteiger partial charge on any atom is -0.484 e. The number of ether oxygens (including phenoxy) is 2. The summed E-state index contributed by atoms with van der Waals surface area (Å²) in [5.74, 6) is 0.719. The van der Waals surface area contributed by atoms with Crippen molar-refractivity contribution in [1.29, 1.82) is 0 Å².